The summed E-state index contributed by atoms with van der Waals surface area (Å²) < 4.78 is 2.09. The first-order chi connectivity index (χ1) is 13.2. The van der Waals surface area contributed by atoms with Crippen molar-refractivity contribution >= 4 is 5.91 Å². The number of imidazole rings is 1. The molecule has 27 heavy (non-hydrogen) atoms. The van der Waals surface area contributed by atoms with Gasteiger partial charge in [-0.3, -0.25) is 4.79 Å². The number of hydrogen-bond acceptors (Lipinski definition) is 3. The molecule has 2 aromatic carbocycles. The first-order valence-electron chi connectivity index (χ1n) is 9.33. The van der Waals surface area contributed by atoms with Gasteiger partial charge in [-0.2, -0.15) is 0 Å². The molecule has 5 heteroatoms. The van der Waals surface area contributed by atoms with E-state index >= 15 is 0 Å². The maximum Gasteiger partial charge on any atom is 0.237 e. The van der Waals surface area contributed by atoms with Gasteiger partial charge in [0.1, 0.15) is 5.82 Å². The Balaban J connectivity index is 1.45. The largest absolute Gasteiger partial charge is 0.348 e. The van der Waals surface area contributed by atoms with Crippen molar-refractivity contribution in [1.29, 1.82) is 0 Å². The number of hydrogen-bond donors (Lipinski definition) is 2. The Labute approximate surface area is 160 Å². The van der Waals surface area contributed by atoms with E-state index in [0.717, 1.165) is 30.8 Å². The quantitative estimate of drug-likeness (QED) is 0.615. The van der Waals surface area contributed by atoms with Crippen LogP contribution in [0.15, 0.2) is 73.1 Å². The molecule has 0 aliphatic rings. The van der Waals surface area contributed by atoms with Crippen LogP contribution in [0.2, 0.25) is 0 Å². The SMILES string of the molecule is NC(Cc1ccccc1)C(=O)NCc1nccn1CCCc1ccccc1. The molecule has 3 N–H and O–H groups in total. The Kier molecular flexibility index (Phi) is 6.77. The van der Waals surface area contributed by atoms with Crippen molar-refractivity contribution in [2.75, 3.05) is 0 Å². The third kappa shape index (κ3) is 5.79. The molecule has 140 valence electrons. The van der Waals surface area contributed by atoms with Crippen molar-refractivity contribution in [3.63, 3.8) is 0 Å². The van der Waals surface area contributed by atoms with Gasteiger partial charge in [0, 0.05) is 18.9 Å². The Hall–Kier alpha value is -2.92. The van der Waals surface area contributed by atoms with Gasteiger partial charge in [-0.25, -0.2) is 4.98 Å². The molecule has 1 unspecified atom stereocenters. The smallest absolute Gasteiger partial charge is 0.237 e. The summed E-state index contributed by atoms with van der Waals surface area (Å²) in [6.07, 6.45) is 6.30. The van der Waals surface area contributed by atoms with Gasteiger partial charge in [-0.1, -0.05) is 60.7 Å². The van der Waals surface area contributed by atoms with Crippen LogP contribution in [-0.4, -0.2) is 21.5 Å². The first kappa shape index (κ1) is 18.9. The number of nitrogens with one attached hydrogen (secondary N) is 1. The molecule has 0 bridgehead atoms. The van der Waals surface area contributed by atoms with E-state index < -0.39 is 6.04 Å². The molecule has 0 saturated carbocycles. The van der Waals surface area contributed by atoms with Gasteiger partial charge in [0.15, 0.2) is 0 Å². The molecule has 5 nitrogen and oxygen atoms in total. The van der Waals surface area contributed by atoms with Crippen LogP contribution in [0.5, 0.6) is 0 Å². The van der Waals surface area contributed by atoms with Crippen molar-refractivity contribution in [2.45, 2.75) is 38.4 Å². The number of nitrogens with two attached hydrogens (primary N) is 1. The lowest BCUT2D eigenvalue weighted by Gasteiger charge is -2.13. The summed E-state index contributed by atoms with van der Waals surface area (Å²) >= 11 is 0. The minimum Gasteiger partial charge on any atom is -0.348 e. The molecule has 1 amide bonds. The first-order valence-corrected chi connectivity index (χ1v) is 9.33. The maximum absolute atomic E-state index is 12.3. The molecule has 3 aromatic rings. The molecule has 0 saturated heterocycles. The van der Waals surface area contributed by atoms with E-state index in [0.29, 0.717) is 13.0 Å². The predicted octanol–water partition coefficient (Wildman–Crippen LogP) is 2.70. The second-order valence-electron chi connectivity index (χ2n) is 6.64. The van der Waals surface area contributed by atoms with Crippen LogP contribution in [0.25, 0.3) is 0 Å². The Morgan fingerprint density at radius 3 is 2.41 bits per heavy atom. The zero-order chi connectivity index (χ0) is 18.9. The highest BCUT2D eigenvalue weighted by Crippen LogP contribution is 2.06. The Bertz CT molecular complexity index is 830. The molecule has 1 aromatic heterocycles. The van der Waals surface area contributed by atoms with Gasteiger partial charge in [0.2, 0.25) is 5.91 Å². The van der Waals surface area contributed by atoms with Crippen molar-refractivity contribution in [3.05, 3.63) is 90.0 Å². The molecule has 0 fully saturated rings. The summed E-state index contributed by atoms with van der Waals surface area (Å²) in [5, 5.41) is 2.91. The van der Waals surface area contributed by atoms with Gasteiger partial charge >= 0.3 is 0 Å². The summed E-state index contributed by atoms with van der Waals surface area (Å²) in [7, 11) is 0. The van der Waals surface area contributed by atoms with Crippen molar-refractivity contribution in [3.8, 4) is 0 Å². The van der Waals surface area contributed by atoms with E-state index in [9.17, 15) is 4.79 Å². The van der Waals surface area contributed by atoms with Crippen molar-refractivity contribution in [1.82, 2.24) is 14.9 Å². The molecule has 3 rings (SSSR count). The van der Waals surface area contributed by atoms with Crippen LogP contribution in [0, 0.1) is 0 Å². The number of carbonyl (C=O) groups excluding carboxylic acids is 1. The number of amides is 1. The zero-order valence-corrected chi connectivity index (χ0v) is 15.4. The highest BCUT2D eigenvalue weighted by atomic mass is 16.2. The number of nitrogens with zero attached hydrogens (tertiary/aromatic N) is 2. The van der Waals surface area contributed by atoms with E-state index in [1.54, 1.807) is 6.20 Å². The van der Waals surface area contributed by atoms with Gasteiger partial charge < -0.3 is 15.6 Å². The summed E-state index contributed by atoms with van der Waals surface area (Å²) in [4.78, 5) is 16.6. The number of carbonyl (C=O) groups is 1. The second-order valence-corrected chi connectivity index (χ2v) is 6.64. The Morgan fingerprint density at radius 2 is 1.70 bits per heavy atom. The summed E-state index contributed by atoms with van der Waals surface area (Å²) in [5.74, 6) is 0.695. The van der Waals surface area contributed by atoms with E-state index in [1.165, 1.54) is 5.56 Å². The molecule has 0 radical (unpaired) electrons. The van der Waals surface area contributed by atoms with Crippen LogP contribution >= 0.6 is 0 Å². The minimum atomic E-state index is -0.561. The molecule has 0 spiro atoms. The third-order valence-corrected chi connectivity index (χ3v) is 4.56. The van der Waals surface area contributed by atoms with Crippen LogP contribution in [0.4, 0.5) is 0 Å². The number of aromatic nitrogens is 2. The van der Waals surface area contributed by atoms with E-state index in [4.69, 9.17) is 5.73 Å². The lowest BCUT2D eigenvalue weighted by Crippen LogP contribution is -2.42. The standard InChI is InChI=1S/C22H26N4O/c23-20(16-19-10-5-2-6-11-19)22(27)25-17-21-24-13-15-26(21)14-7-12-18-8-3-1-4-9-18/h1-6,8-11,13,15,20H,7,12,14,16-17,23H2,(H,25,27). The van der Waals surface area contributed by atoms with Gasteiger partial charge in [0.25, 0.3) is 0 Å². The predicted molar refractivity (Wildman–Crippen MR) is 107 cm³/mol. The highest BCUT2D eigenvalue weighted by molar-refractivity contribution is 5.81. The molecule has 0 aliphatic heterocycles. The fourth-order valence-electron chi connectivity index (χ4n) is 3.07. The molecule has 1 heterocycles. The Morgan fingerprint density at radius 1 is 1.04 bits per heavy atom. The zero-order valence-electron chi connectivity index (χ0n) is 15.4. The fraction of sp³-hybridized carbons (Fsp3) is 0.273. The number of rotatable bonds is 9. The van der Waals surface area contributed by atoms with Gasteiger partial charge in [-0.05, 0) is 30.4 Å². The average Bonchev–Trinajstić information content (AvgIpc) is 3.15. The summed E-state index contributed by atoms with van der Waals surface area (Å²) in [5.41, 5.74) is 8.42. The van der Waals surface area contributed by atoms with E-state index in [1.807, 2.05) is 42.6 Å². The van der Waals surface area contributed by atoms with Crippen molar-refractivity contribution < 1.29 is 4.79 Å². The number of aryl methyl sites for hydroxylation is 2. The van der Waals surface area contributed by atoms with Crippen LogP contribution in [0.3, 0.4) is 0 Å². The normalized spacial score (nSPS) is 11.9. The van der Waals surface area contributed by atoms with Gasteiger partial charge in [-0.15, -0.1) is 0 Å². The average molecular weight is 362 g/mol. The molecular weight excluding hydrogens is 336 g/mol. The molecule has 1 atom stereocenters. The van der Waals surface area contributed by atoms with Crippen LogP contribution < -0.4 is 11.1 Å². The van der Waals surface area contributed by atoms with Crippen LogP contribution in [0.1, 0.15) is 23.4 Å². The monoisotopic (exact) mass is 362 g/mol. The lowest BCUT2D eigenvalue weighted by atomic mass is 10.1. The fourth-order valence-corrected chi connectivity index (χ4v) is 3.07. The topological polar surface area (TPSA) is 72.9 Å². The van der Waals surface area contributed by atoms with Crippen molar-refractivity contribution in [2.24, 2.45) is 5.73 Å². The maximum atomic E-state index is 12.3. The lowest BCUT2D eigenvalue weighted by molar-refractivity contribution is -0.122. The summed E-state index contributed by atoms with van der Waals surface area (Å²) in [6.45, 7) is 1.26. The van der Waals surface area contributed by atoms with Crippen LogP contribution in [-0.2, 0) is 30.7 Å². The minimum absolute atomic E-state index is 0.155. The molecule has 0 aliphatic carbocycles. The van der Waals surface area contributed by atoms with E-state index in [2.05, 4.69) is 39.1 Å². The highest BCUT2D eigenvalue weighted by Gasteiger charge is 2.14. The second kappa shape index (κ2) is 9.69. The van der Waals surface area contributed by atoms with Gasteiger partial charge in [0.05, 0.1) is 12.6 Å². The van der Waals surface area contributed by atoms with E-state index in [-0.39, 0.29) is 5.91 Å². The summed E-state index contributed by atoms with van der Waals surface area (Å²) in [6, 6.07) is 19.7. The molecular formula is C22H26N4O. The third-order valence-electron chi connectivity index (χ3n) is 4.56. The number of benzene rings is 2.